The van der Waals surface area contributed by atoms with E-state index in [1.807, 2.05) is 0 Å². The molecule has 0 aromatic heterocycles. The predicted octanol–water partition coefficient (Wildman–Crippen LogP) is 4.83. The molecule has 0 spiro atoms. The lowest BCUT2D eigenvalue weighted by Crippen LogP contribution is -2.23. The molecule has 0 aliphatic heterocycles. The molecule has 0 fully saturated rings. The predicted molar refractivity (Wildman–Crippen MR) is 85.3 cm³/mol. The highest BCUT2D eigenvalue weighted by atomic mass is 32.2. The lowest BCUT2D eigenvalue weighted by atomic mass is 10.0. The van der Waals surface area contributed by atoms with Gasteiger partial charge in [-0.3, -0.25) is 0 Å². The van der Waals surface area contributed by atoms with Gasteiger partial charge in [-0.05, 0) is 24.7 Å². The quantitative estimate of drug-likeness (QED) is 0.515. The maximum Gasteiger partial charge on any atom is 0.150 e. The summed E-state index contributed by atoms with van der Waals surface area (Å²) in [6, 6.07) is 0. The number of hydrogen-bond donors (Lipinski definition) is 0. The van der Waals surface area contributed by atoms with Crippen molar-refractivity contribution < 1.29 is 8.42 Å². The van der Waals surface area contributed by atoms with E-state index in [-0.39, 0.29) is 0 Å². The normalized spacial score (nSPS) is 15.4. The zero-order valence-corrected chi connectivity index (χ0v) is 14.3. The Labute approximate surface area is 121 Å². The standard InChI is InChI=1S/C16H34O2S/c1-5-9-11-15(7-3)13-19(17,18)14-16(8-4)12-10-6-2/h15-16H,5-14H2,1-4H3. The Morgan fingerprint density at radius 1 is 0.737 bits per heavy atom. The number of hydrogen-bond acceptors (Lipinski definition) is 2. The van der Waals surface area contributed by atoms with Crippen LogP contribution in [-0.2, 0) is 9.84 Å². The van der Waals surface area contributed by atoms with Crippen LogP contribution in [0.2, 0.25) is 0 Å². The van der Waals surface area contributed by atoms with Gasteiger partial charge in [0.2, 0.25) is 0 Å². The van der Waals surface area contributed by atoms with Gasteiger partial charge in [0.15, 0.2) is 9.84 Å². The number of sulfone groups is 1. The fraction of sp³-hybridized carbons (Fsp3) is 1.00. The van der Waals surface area contributed by atoms with Gasteiger partial charge in [0.05, 0.1) is 11.5 Å². The Kier molecular flexibility index (Phi) is 10.7. The first-order valence-electron chi connectivity index (χ1n) is 8.19. The summed E-state index contributed by atoms with van der Waals surface area (Å²) in [6.45, 7) is 8.56. The van der Waals surface area contributed by atoms with Crippen molar-refractivity contribution >= 4 is 9.84 Å². The first kappa shape index (κ1) is 18.9. The van der Waals surface area contributed by atoms with Crippen LogP contribution in [0.15, 0.2) is 0 Å². The highest BCUT2D eigenvalue weighted by Crippen LogP contribution is 2.20. The molecule has 0 aliphatic carbocycles. The SMILES string of the molecule is CCCCC(CC)CS(=O)(=O)CC(CC)CCCC. The largest absolute Gasteiger partial charge is 0.229 e. The Morgan fingerprint density at radius 3 is 1.37 bits per heavy atom. The molecule has 0 N–H and O–H groups in total. The maximum absolute atomic E-state index is 12.3. The van der Waals surface area contributed by atoms with Crippen molar-refractivity contribution in [3.05, 3.63) is 0 Å². The van der Waals surface area contributed by atoms with E-state index in [1.165, 1.54) is 0 Å². The van der Waals surface area contributed by atoms with E-state index in [4.69, 9.17) is 0 Å². The van der Waals surface area contributed by atoms with Crippen LogP contribution in [-0.4, -0.2) is 19.9 Å². The lowest BCUT2D eigenvalue weighted by molar-refractivity contribution is 0.464. The Bertz CT molecular complexity index is 272. The van der Waals surface area contributed by atoms with Crippen molar-refractivity contribution in [1.29, 1.82) is 0 Å². The van der Waals surface area contributed by atoms with Gasteiger partial charge in [-0.1, -0.05) is 66.2 Å². The summed E-state index contributed by atoms with van der Waals surface area (Å²) in [5.74, 6) is 1.56. The van der Waals surface area contributed by atoms with Crippen LogP contribution in [0.1, 0.15) is 79.1 Å². The van der Waals surface area contributed by atoms with Gasteiger partial charge in [0.25, 0.3) is 0 Å². The highest BCUT2D eigenvalue weighted by molar-refractivity contribution is 7.91. The topological polar surface area (TPSA) is 34.1 Å². The van der Waals surface area contributed by atoms with Crippen molar-refractivity contribution in [2.24, 2.45) is 11.8 Å². The minimum Gasteiger partial charge on any atom is -0.229 e. The number of rotatable bonds is 12. The summed E-state index contributed by atoms with van der Waals surface area (Å²) < 4.78 is 24.6. The monoisotopic (exact) mass is 290 g/mol. The molecule has 2 unspecified atom stereocenters. The van der Waals surface area contributed by atoms with E-state index in [1.54, 1.807) is 0 Å². The van der Waals surface area contributed by atoms with E-state index in [0.717, 1.165) is 51.4 Å². The second kappa shape index (κ2) is 10.7. The molecule has 0 radical (unpaired) electrons. The van der Waals surface area contributed by atoms with Crippen LogP contribution < -0.4 is 0 Å². The van der Waals surface area contributed by atoms with Gasteiger partial charge in [-0.25, -0.2) is 8.42 Å². The summed E-state index contributed by atoms with van der Waals surface area (Å²) in [7, 11) is -2.87. The minimum absolute atomic E-state index is 0.369. The third kappa shape index (κ3) is 9.48. The molecule has 3 heteroatoms. The van der Waals surface area contributed by atoms with Crippen LogP contribution in [0.25, 0.3) is 0 Å². The average molecular weight is 291 g/mol. The van der Waals surface area contributed by atoms with Crippen LogP contribution >= 0.6 is 0 Å². The van der Waals surface area contributed by atoms with Crippen molar-refractivity contribution in [3.63, 3.8) is 0 Å². The molecule has 19 heavy (non-hydrogen) atoms. The average Bonchev–Trinajstić information content (AvgIpc) is 2.39. The van der Waals surface area contributed by atoms with Crippen molar-refractivity contribution in [3.8, 4) is 0 Å². The summed E-state index contributed by atoms with van der Waals surface area (Å²) >= 11 is 0. The molecule has 0 saturated heterocycles. The van der Waals surface area contributed by atoms with Gasteiger partial charge in [-0.2, -0.15) is 0 Å². The summed E-state index contributed by atoms with van der Waals surface area (Å²) in [5, 5.41) is 0. The van der Waals surface area contributed by atoms with Crippen molar-refractivity contribution in [1.82, 2.24) is 0 Å². The van der Waals surface area contributed by atoms with Gasteiger partial charge in [0.1, 0.15) is 0 Å². The molecule has 116 valence electrons. The maximum atomic E-state index is 12.3. The Hall–Kier alpha value is -0.0500. The molecule has 0 saturated carbocycles. The Morgan fingerprint density at radius 2 is 1.11 bits per heavy atom. The first-order valence-corrected chi connectivity index (χ1v) is 10.0. The van der Waals surface area contributed by atoms with Gasteiger partial charge in [-0.15, -0.1) is 0 Å². The summed E-state index contributed by atoms with van der Waals surface area (Å²) in [5.41, 5.74) is 0. The molecule has 0 amide bonds. The van der Waals surface area contributed by atoms with Crippen LogP contribution in [0.3, 0.4) is 0 Å². The fourth-order valence-electron chi connectivity index (χ4n) is 2.58. The second-order valence-electron chi connectivity index (χ2n) is 5.91. The van der Waals surface area contributed by atoms with Gasteiger partial charge >= 0.3 is 0 Å². The van der Waals surface area contributed by atoms with E-state index < -0.39 is 9.84 Å². The van der Waals surface area contributed by atoms with E-state index in [0.29, 0.717) is 23.3 Å². The van der Waals surface area contributed by atoms with Crippen LogP contribution in [0.4, 0.5) is 0 Å². The molecule has 0 heterocycles. The van der Waals surface area contributed by atoms with Gasteiger partial charge in [0, 0.05) is 0 Å². The van der Waals surface area contributed by atoms with Gasteiger partial charge < -0.3 is 0 Å². The lowest BCUT2D eigenvalue weighted by Gasteiger charge is -2.18. The van der Waals surface area contributed by atoms with Crippen LogP contribution in [0, 0.1) is 11.8 Å². The third-order valence-electron chi connectivity index (χ3n) is 4.07. The zero-order valence-electron chi connectivity index (χ0n) is 13.5. The van der Waals surface area contributed by atoms with E-state index in [9.17, 15) is 8.42 Å². The van der Waals surface area contributed by atoms with Crippen LogP contribution in [0.5, 0.6) is 0 Å². The number of unbranched alkanes of at least 4 members (excludes halogenated alkanes) is 2. The van der Waals surface area contributed by atoms with E-state index in [2.05, 4.69) is 27.7 Å². The van der Waals surface area contributed by atoms with Crippen molar-refractivity contribution in [2.45, 2.75) is 79.1 Å². The Balaban J connectivity index is 4.33. The molecule has 0 aliphatic rings. The molecule has 2 nitrogen and oxygen atoms in total. The molecular formula is C16H34O2S. The first-order chi connectivity index (χ1) is 8.99. The fourth-order valence-corrected chi connectivity index (χ4v) is 4.96. The third-order valence-corrected chi connectivity index (χ3v) is 6.02. The van der Waals surface area contributed by atoms with E-state index >= 15 is 0 Å². The summed E-state index contributed by atoms with van der Waals surface area (Å²) in [6.07, 6.45) is 8.74. The van der Waals surface area contributed by atoms with Crippen molar-refractivity contribution in [2.75, 3.05) is 11.5 Å². The zero-order chi connectivity index (χ0) is 14.7. The molecular weight excluding hydrogens is 256 g/mol. The smallest absolute Gasteiger partial charge is 0.150 e. The minimum atomic E-state index is -2.87. The second-order valence-corrected chi connectivity index (χ2v) is 8.06. The molecule has 2 atom stereocenters. The molecule has 0 aromatic rings. The highest BCUT2D eigenvalue weighted by Gasteiger charge is 2.21. The molecule has 0 bridgehead atoms. The molecule has 0 aromatic carbocycles. The molecule has 0 rings (SSSR count). The summed E-state index contributed by atoms with van der Waals surface area (Å²) in [4.78, 5) is 0.